The Labute approximate surface area is 128 Å². The van der Waals surface area contributed by atoms with Crippen molar-refractivity contribution in [2.45, 2.75) is 32.1 Å². The minimum Gasteiger partial charge on any atom is -0.497 e. The van der Waals surface area contributed by atoms with Crippen LogP contribution in [0.15, 0.2) is 18.2 Å². The van der Waals surface area contributed by atoms with Crippen molar-refractivity contribution in [3.63, 3.8) is 0 Å². The second kappa shape index (κ2) is 6.35. The van der Waals surface area contributed by atoms with E-state index in [1.807, 2.05) is 0 Å². The molecule has 0 spiro atoms. The summed E-state index contributed by atoms with van der Waals surface area (Å²) in [5, 5.41) is 12.5. The first-order valence-electron chi connectivity index (χ1n) is 6.84. The molecule has 114 valence electrons. The van der Waals surface area contributed by atoms with Crippen LogP contribution in [0.3, 0.4) is 0 Å². The fourth-order valence-corrected chi connectivity index (χ4v) is 2.91. The molecule has 0 aliphatic heterocycles. The van der Waals surface area contributed by atoms with Crippen molar-refractivity contribution >= 4 is 29.2 Å². The largest absolute Gasteiger partial charge is 0.497 e. The van der Waals surface area contributed by atoms with E-state index in [4.69, 9.17) is 16.3 Å². The molecule has 0 atom stereocenters. The summed E-state index contributed by atoms with van der Waals surface area (Å²) in [5.74, 6) is -0.662. The van der Waals surface area contributed by atoms with E-state index >= 15 is 0 Å². The molecule has 1 amide bonds. The predicted molar refractivity (Wildman–Crippen MR) is 79.8 cm³/mol. The van der Waals surface area contributed by atoms with E-state index in [-0.39, 0.29) is 12.3 Å². The monoisotopic (exact) mass is 311 g/mol. The van der Waals surface area contributed by atoms with Gasteiger partial charge in [-0.1, -0.05) is 24.4 Å². The molecule has 1 saturated carbocycles. The first kappa shape index (κ1) is 15.6. The van der Waals surface area contributed by atoms with Crippen molar-refractivity contribution in [3.05, 3.63) is 23.2 Å². The van der Waals surface area contributed by atoms with Crippen molar-refractivity contribution in [2.24, 2.45) is 5.41 Å². The second-order valence-electron chi connectivity index (χ2n) is 5.36. The zero-order chi connectivity index (χ0) is 15.5. The number of carbonyl (C=O) groups is 2. The number of ether oxygens (including phenoxy) is 1. The van der Waals surface area contributed by atoms with Crippen LogP contribution >= 0.6 is 11.6 Å². The zero-order valence-corrected chi connectivity index (χ0v) is 12.6. The van der Waals surface area contributed by atoms with Gasteiger partial charge in [0.1, 0.15) is 5.75 Å². The molecule has 1 aromatic carbocycles. The van der Waals surface area contributed by atoms with Gasteiger partial charge in [0, 0.05) is 12.5 Å². The van der Waals surface area contributed by atoms with E-state index < -0.39 is 11.4 Å². The highest BCUT2D eigenvalue weighted by atomic mass is 35.5. The molecule has 0 aromatic heterocycles. The lowest BCUT2D eigenvalue weighted by Crippen LogP contribution is -2.32. The molecule has 21 heavy (non-hydrogen) atoms. The molecule has 1 aromatic rings. The molecular formula is C15H18ClNO4. The number of benzene rings is 1. The lowest BCUT2D eigenvalue weighted by molar-refractivity contribution is -0.150. The number of anilines is 1. The van der Waals surface area contributed by atoms with Crippen molar-refractivity contribution in [1.29, 1.82) is 0 Å². The number of methoxy groups -OCH3 is 1. The van der Waals surface area contributed by atoms with Gasteiger partial charge in [0.2, 0.25) is 5.91 Å². The Bertz CT molecular complexity index is 553. The third-order valence-corrected chi connectivity index (χ3v) is 4.29. The van der Waals surface area contributed by atoms with Gasteiger partial charge >= 0.3 is 5.97 Å². The molecule has 0 radical (unpaired) electrons. The predicted octanol–water partition coefficient (Wildman–Crippen LogP) is 3.32. The summed E-state index contributed by atoms with van der Waals surface area (Å²) in [6.45, 7) is 0. The van der Waals surface area contributed by atoms with Gasteiger partial charge in [-0.15, -0.1) is 0 Å². The number of carboxylic acid groups (broad SMARTS) is 1. The standard InChI is InChI=1S/C15H18ClNO4/c1-21-10-4-5-11(16)12(8-10)17-13(18)9-15(14(19)20)6-2-3-7-15/h4-5,8H,2-3,6-7,9H2,1H3,(H,17,18)(H,19,20). The number of aliphatic carboxylic acids is 1. The summed E-state index contributed by atoms with van der Waals surface area (Å²) in [4.78, 5) is 23.6. The number of carboxylic acids is 1. The second-order valence-corrected chi connectivity index (χ2v) is 5.77. The molecule has 0 bridgehead atoms. The molecule has 0 unspecified atom stereocenters. The molecule has 1 aliphatic carbocycles. The summed E-state index contributed by atoms with van der Waals surface area (Å²) in [5.41, 5.74) is -0.505. The van der Waals surface area contributed by atoms with Gasteiger partial charge in [-0.25, -0.2) is 0 Å². The Morgan fingerprint density at radius 2 is 2.05 bits per heavy atom. The normalized spacial score (nSPS) is 16.5. The number of carbonyl (C=O) groups excluding carboxylic acids is 1. The summed E-state index contributed by atoms with van der Waals surface area (Å²) in [7, 11) is 1.52. The molecule has 0 saturated heterocycles. The number of nitrogens with one attached hydrogen (secondary N) is 1. The van der Waals surface area contributed by atoms with Crippen LogP contribution in [0.2, 0.25) is 5.02 Å². The maximum atomic E-state index is 12.2. The van der Waals surface area contributed by atoms with Crippen molar-refractivity contribution in [3.8, 4) is 5.75 Å². The average Bonchev–Trinajstić information content (AvgIpc) is 2.91. The van der Waals surface area contributed by atoms with Crippen LogP contribution in [-0.4, -0.2) is 24.1 Å². The highest BCUT2D eigenvalue weighted by molar-refractivity contribution is 6.33. The summed E-state index contributed by atoms with van der Waals surface area (Å²) < 4.78 is 5.08. The van der Waals surface area contributed by atoms with E-state index in [1.165, 1.54) is 7.11 Å². The minimum absolute atomic E-state index is 0.0319. The Morgan fingerprint density at radius 1 is 1.38 bits per heavy atom. The SMILES string of the molecule is COc1ccc(Cl)c(NC(=O)CC2(C(=O)O)CCCC2)c1. The Balaban J connectivity index is 2.09. The van der Waals surface area contributed by atoms with Crippen LogP contribution < -0.4 is 10.1 Å². The zero-order valence-electron chi connectivity index (χ0n) is 11.8. The highest BCUT2D eigenvalue weighted by Gasteiger charge is 2.43. The third-order valence-electron chi connectivity index (χ3n) is 3.96. The quantitative estimate of drug-likeness (QED) is 0.874. The summed E-state index contributed by atoms with van der Waals surface area (Å²) >= 11 is 6.02. The lowest BCUT2D eigenvalue weighted by Gasteiger charge is -2.23. The number of amides is 1. The molecule has 5 nitrogen and oxygen atoms in total. The van der Waals surface area contributed by atoms with Crippen LogP contribution in [-0.2, 0) is 9.59 Å². The number of halogens is 1. The topological polar surface area (TPSA) is 75.6 Å². The third kappa shape index (κ3) is 3.47. The van der Waals surface area contributed by atoms with Gasteiger partial charge in [-0.05, 0) is 25.0 Å². The fourth-order valence-electron chi connectivity index (χ4n) is 2.75. The number of hydrogen-bond acceptors (Lipinski definition) is 3. The lowest BCUT2D eigenvalue weighted by atomic mass is 9.82. The molecular weight excluding hydrogens is 294 g/mol. The summed E-state index contributed by atoms with van der Waals surface area (Å²) in [6.07, 6.45) is 2.75. The molecule has 2 N–H and O–H groups in total. The van der Waals surface area contributed by atoms with Gasteiger partial charge in [0.25, 0.3) is 0 Å². The Kier molecular flexibility index (Phi) is 4.73. The van der Waals surface area contributed by atoms with Crippen molar-refractivity contribution < 1.29 is 19.4 Å². The smallest absolute Gasteiger partial charge is 0.310 e. The van der Waals surface area contributed by atoms with Gasteiger partial charge in [0.05, 0.1) is 23.2 Å². The van der Waals surface area contributed by atoms with Crippen LogP contribution in [0.1, 0.15) is 32.1 Å². The van der Waals surface area contributed by atoms with E-state index in [2.05, 4.69) is 5.32 Å². The minimum atomic E-state index is -0.935. The van der Waals surface area contributed by atoms with E-state index in [0.717, 1.165) is 12.8 Å². The van der Waals surface area contributed by atoms with Crippen LogP contribution in [0.5, 0.6) is 5.75 Å². The molecule has 0 heterocycles. The van der Waals surface area contributed by atoms with Crippen LogP contribution in [0.4, 0.5) is 5.69 Å². The van der Waals surface area contributed by atoms with Gasteiger partial charge in [0.15, 0.2) is 0 Å². The summed E-state index contributed by atoms with van der Waals surface area (Å²) in [6, 6.07) is 4.93. The number of hydrogen-bond donors (Lipinski definition) is 2. The number of rotatable bonds is 5. The molecule has 1 aliphatic rings. The molecule has 2 rings (SSSR count). The van der Waals surface area contributed by atoms with Crippen LogP contribution in [0.25, 0.3) is 0 Å². The average molecular weight is 312 g/mol. The van der Waals surface area contributed by atoms with Crippen molar-refractivity contribution in [1.82, 2.24) is 0 Å². The first-order valence-corrected chi connectivity index (χ1v) is 7.21. The first-order chi connectivity index (χ1) is 9.97. The highest BCUT2D eigenvalue weighted by Crippen LogP contribution is 2.41. The maximum absolute atomic E-state index is 12.2. The van der Waals surface area contributed by atoms with E-state index in [0.29, 0.717) is 29.3 Å². The van der Waals surface area contributed by atoms with Gasteiger partial charge in [-0.3, -0.25) is 9.59 Å². The molecule has 6 heteroatoms. The Morgan fingerprint density at radius 3 is 2.62 bits per heavy atom. The Hall–Kier alpha value is -1.75. The van der Waals surface area contributed by atoms with E-state index in [1.54, 1.807) is 18.2 Å². The van der Waals surface area contributed by atoms with Gasteiger partial charge in [-0.2, -0.15) is 0 Å². The maximum Gasteiger partial charge on any atom is 0.310 e. The fraction of sp³-hybridized carbons (Fsp3) is 0.467. The van der Waals surface area contributed by atoms with Gasteiger partial charge < -0.3 is 15.2 Å². The molecule has 1 fully saturated rings. The van der Waals surface area contributed by atoms with Crippen molar-refractivity contribution in [2.75, 3.05) is 12.4 Å². The van der Waals surface area contributed by atoms with Crippen LogP contribution in [0, 0.1) is 5.41 Å². The van der Waals surface area contributed by atoms with E-state index in [9.17, 15) is 14.7 Å².